The SMILES string of the molecule is CN1CCc2nc(C(=O)NCCNC(=O)OC(C)(C)C)sc2C1. The molecule has 128 valence electrons. The quantitative estimate of drug-likeness (QED) is 0.809. The van der Waals surface area contributed by atoms with E-state index in [4.69, 9.17) is 4.74 Å². The minimum atomic E-state index is -0.527. The molecular formula is C15H24N4O3S. The lowest BCUT2D eigenvalue weighted by molar-refractivity contribution is 0.0526. The monoisotopic (exact) mass is 340 g/mol. The van der Waals surface area contributed by atoms with Crippen molar-refractivity contribution in [2.45, 2.75) is 39.3 Å². The van der Waals surface area contributed by atoms with Crippen LogP contribution in [0.1, 0.15) is 41.1 Å². The molecule has 1 aliphatic heterocycles. The Morgan fingerprint density at radius 2 is 2.00 bits per heavy atom. The molecular weight excluding hydrogens is 316 g/mol. The Kier molecular flexibility index (Phi) is 5.59. The van der Waals surface area contributed by atoms with Crippen LogP contribution in [0.15, 0.2) is 0 Å². The van der Waals surface area contributed by atoms with E-state index in [0.717, 1.165) is 30.1 Å². The second kappa shape index (κ2) is 7.27. The fraction of sp³-hybridized carbons (Fsp3) is 0.667. The third kappa shape index (κ3) is 5.47. The average Bonchev–Trinajstić information content (AvgIpc) is 2.84. The summed E-state index contributed by atoms with van der Waals surface area (Å²) in [6.45, 7) is 7.87. The smallest absolute Gasteiger partial charge is 0.407 e. The fourth-order valence-electron chi connectivity index (χ4n) is 2.15. The molecule has 0 fully saturated rings. The van der Waals surface area contributed by atoms with E-state index in [1.165, 1.54) is 11.3 Å². The number of amides is 2. The maximum Gasteiger partial charge on any atom is 0.407 e. The Bertz CT molecular complexity index is 580. The Morgan fingerprint density at radius 1 is 1.30 bits per heavy atom. The maximum atomic E-state index is 12.1. The van der Waals surface area contributed by atoms with Crippen molar-refractivity contribution in [3.8, 4) is 0 Å². The molecule has 0 spiro atoms. The Balaban J connectivity index is 1.74. The van der Waals surface area contributed by atoms with Crippen LogP contribution >= 0.6 is 11.3 Å². The van der Waals surface area contributed by atoms with Gasteiger partial charge in [-0.3, -0.25) is 4.79 Å². The number of likely N-dealkylation sites (N-methyl/N-ethyl adjacent to an activating group) is 1. The highest BCUT2D eigenvalue weighted by molar-refractivity contribution is 7.13. The number of hydrogen-bond donors (Lipinski definition) is 2. The third-order valence-electron chi connectivity index (χ3n) is 3.20. The minimum Gasteiger partial charge on any atom is -0.444 e. The number of thiazole rings is 1. The summed E-state index contributed by atoms with van der Waals surface area (Å²) < 4.78 is 5.12. The van der Waals surface area contributed by atoms with Crippen molar-refractivity contribution < 1.29 is 14.3 Å². The van der Waals surface area contributed by atoms with Gasteiger partial charge in [0.15, 0.2) is 5.01 Å². The summed E-state index contributed by atoms with van der Waals surface area (Å²) >= 11 is 1.44. The van der Waals surface area contributed by atoms with Crippen LogP contribution in [0.5, 0.6) is 0 Å². The van der Waals surface area contributed by atoms with Crippen LogP contribution in [0.3, 0.4) is 0 Å². The zero-order chi connectivity index (χ0) is 17.0. The van der Waals surface area contributed by atoms with Gasteiger partial charge in [0.1, 0.15) is 5.60 Å². The van der Waals surface area contributed by atoms with Crippen molar-refractivity contribution in [1.29, 1.82) is 0 Å². The van der Waals surface area contributed by atoms with Crippen LogP contribution in [0.4, 0.5) is 4.79 Å². The number of alkyl carbamates (subject to hydrolysis) is 1. The van der Waals surface area contributed by atoms with Crippen molar-refractivity contribution in [2.24, 2.45) is 0 Å². The Morgan fingerprint density at radius 3 is 2.70 bits per heavy atom. The van der Waals surface area contributed by atoms with Crippen LogP contribution in [-0.2, 0) is 17.7 Å². The molecule has 0 aliphatic carbocycles. The second-order valence-electron chi connectivity index (χ2n) is 6.56. The highest BCUT2D eigenvalue weighted by Crippen LogP contribution is 2.24. The molecule has 0 saturated heterocycles. The number of hydrogen-bond acceptors (Lipinski definition) is 6. The Hall–Kier alpha value is -1.67. The molecule has 0 atom stereocenters. The van der Waals surface area contributed by atoms with Crippen LogP contribution in [-0.4, -0.2) is 54.2 Å². The lowest BCUT2D eigenvalue weighted by Gasteiger charge is -2.20. The number of carbonyl (C=O) groups excluding carboxylic acids is 2. The molecule has 2 amide bonds. The first-order valence-electron chi connectivity index (χ1n) is 7.67. The van der Waals surface area contributed by atoms with E-state index in [0.29, 0.717) is 18.1 Å². The van der Waals surface area contributed by atoms with E-state index in [-0.39, 0.29) is 5.91 Å². The highest BCUT2D eigenvalue weighted by Gasteiger charge is 2.21. The van der Waals surface area contributed by atoms with Gasteiger partial charge in [-0.25, -0.2) is 9.78 Å². The lowest BCUT2D eigenvalue weighted by Crippen LogP contribution is -2.37. The molecule has 7 nitrogen and oxygen atoms in total. The number of ether oxygens (including phenoxy) is 1. The van der Waals surface area contributed by atoms with Crippen molar-refractivity contribution in [2.75, 3.05) is 26.7 Å². The normalized spacial score (nSPS) is 15.0. The first kappa shape index (κ1) is 17.7. The summed E-state index contributed by atoms with van der Waals surface area (Å²) in [7, 11) is 2.06. The van der Waals surface area contributed by atoms with Crippen LogP contribution in [0.2, 0.25) is 0 Å². The van der Waals surface area contributed by atoms with E-state index in [2.05, 4.69) is 27.6 Å². The highest BCUT2D eigenvalue weighted by atomic mass is 32.1. The van der Waals surface area contributed by atoms with Gasteiger partial charge in [0, 0.05) is 37.5 Å². The van der Waals surface area contributed by atoms with Gasteiger partial charge in [0.05, 0.1) is 5.69 Å². The number of rotatable bonds is 4. The molecule has 0 bridgehead atoms. The van der Waals surface area contributed by atoms with E-state index in [9.17, 15) is 9.59 Å². The zero-order valence-electron chi connectivity index (χ0n) is 14.1. The van der Waals surface area contributed by atoms with Crippen LogP contribution in [0.25, 0.3) is 0 Å². The van der Waals surface area contributed by atoms with Gasteiger partial charge < -0.3 is 20.3 Å². The molecule has 1 aromatic rings. The molecule has 23 heavy (non-hydrogen) atoms. The topological polar surface area (TPSA) is 83.6 Å². The number of nitrogens with one attached hydrogen (secondary N) is 2. The van der Waals surface area contributed by atoms with Gasteiger partial charge in [-0.05, 0) is 27.8 Å². The number of carbonyl (C=O) groups is 2. The fourth-order valence-corrected chi connectivity index (χ4v) is 3.26. The first-order valence-corrected chi connectivity index (χ1v) is 8.48. The molecule has 2 N–H and O–H groups in total. The van der Waals surface area contributed by atoms with Crippen molar-refractivity contribution in [1.82, 2.24) is 20.5 Å². The van der Waals surface area contributed by atoms with E-state index in [1.807, 2.05) is 0 Å². The molecule has 1 aliphatic rings. The molecule has 8 heteroatoms. The van der Waals surface area contributed by atoms with Gasteiger partial charge in [0.25, 0.3) is 5.91 Å². The average molecular weight is 340 g/mol. The summed E-state index contributed by atoms with van der Waals surface area (Å²) in [5.74, 6) is -0.196. The molecule has 0 aromatic carbocycles. The standard InChI is InChI=1S/C15H24N4O3S/c1-15(2,3)22-14(21)17-7-6-16-12(20)13-18-10-5-8-19(4)9-11(10)23-13/h5-9H2,1-4H3,(H,16,20)(H,17,21). The molecule has 1 aromatic heterocycles. The first-order chi connectivity index (χ1) is 10.7. The lowest BCUT2D eigenvalue weighted by atomic mass is 10.2. The van der Waals surface area contributed by atoms with Gasteiger partial charge in [-0.15, -0.1) is 11.3 Å². The van der Waals surface area contributed by atoms with Crippen molar-refractivity contribution in [3.05, 3.63) is 15.6 Å². The Labute approximate surface area is 140 Å². The van der Waals surface area contributed by atoms with Crippen molar-refractivity contribution >= 4 is 23.3 Å². The van der Waals surface area contributed by atoms with Gasteiger partial charge in [-0.2, -0.15) is 0 Å². The zero-order valence-corrected chi connectivity index (χ0v) is 14.9. The largest absolute Gasteiger partial charge is 0.444 e. The summed E-state index contributed by atoms with van der Waals surface area (Å²) in [6.07, 6.45) is 0.398. The number of fused-ring (bicyclic) bond motifs is 1. The third-order valence-corrected chi connectivity index (χ3v) is 4.28. The number of nitrogens with zero attached hydrogens (tertiary/aromatic N) is 2. The van der Waals surface area contributed by atoms with E-state index < -0.39 is 11.7 Å². The van der Waals surface area contributed by atoms with Crippen LogP contribution in [0, 0.1) is 0 Å². The summed E-state index contributed by atoms with van der Waals surface area (Å²) in [6, 6.07) is 0. The predicted octanol–water partition coefficient (Wildman–Crippen LogP) is 1.39. The van der Waals surface area contributed by atoms with E-state index >= 15 is 0 Å². The number of aromatic nitrogens is 1. The van der Waals surface area contributed by atoms with Crippen LogP contribution < -0.4 is 10.6 Å². The summed E-state index contributed by atoms with van der Waals surface area (Å²) in [5.41, 5.74) is 0.505. The minimum absolute atomic E-state index is 0.196. The maximum absolute atomic E-state index is 12.1. The van der Waals surface area contributed by atoms with Crippen molar-refractivity contribution in [3.63, 3.8) is 0 Å². The molecule has 0 radical (unpaired) electrons. The molecule has 0 unspecified atom stereocenters. The summed E-state index contributed by atoms with van der Waals surface area (Å²) in [5, 5.41) is 5.85. The molecule has 0 saturated carbocycles. The van der Waals surface area contributed by atoms with Gasteiger partial charge in [0.2, 0.25) is 0 Å². The predicted molar refractivity (Wildman–Crippen MR) is 88.7 cm³/mol. The molecule has 2 rings (SSSR count). The van der Waals surface area contributed by atoms with Gasteiger partial charge in [-0.1, -0.05) is 0 Å². The van der Waals surface area contributed by atoms with E-state index in [1.54, 1.807) is 20.8 Å². The molecule has 2 heterocycles. The summed E-state index contributed by atoms with van der Waals surface area (Å²) in [4.78, 5) is 31.4. The second-order valence-corrected chi connectivity index (χ2v) is 7.64. The van der Waals surface area contributed by atoms with Gasteiger partial charge >= 0.3 is 6.09 Å².